The van der Waals surface area contributed by atoms with Crippen LogP contribution in [0.3, 0.4) is 0 Å². The first-order valence-corrected chi connectivity index (χ1v) is 12.2. The van der Waals surface area contributed by atoms with Gasteiger partial charge in [-0.2, -0.15) is 0 Å². The molecule has 4 heterocycles. The third kappa shape index (κ3) is 4.94. The average molecular weight is 421 g/mol. The Bertz CT molecular complexity index is 925. The van der Waals surface area contributed by atoms with Crippen molar-refractivity contribution in [1.82, 2.24) is 19.7 Å². The molecule has 5 heteroatoms. The van der Waals surface area contributed by atoms with Crippen LogP contribution in [0, 0.1) is 5.92 Å². The molecule has 2 fully saturated rings. The van der Waals surface area contributed by atoms with Crippen molar-refractivity contribution < 1.29 is 0 Å². The molecule has 0 spiro atoms. The lowest BCUT2D eigenvalue weighted by Crippen LogP contribution is -2.45. The molecule has 2 saturated heterocycles. The van der Waals surface area contributed by atoms with Crippen molar-refractivity contribution in [2.24, 2.45) is 5.92 Å². The fourth-order valence-electron chi connectivity index (χ4n) is 5.75. The third-order valence-corrected chi connectivity index (χ3v) is 7.45. The van der Waals surface area contributed by atoms with E-state index < -0.39 is 0 Å². The summed E-state index contributed by atoms with van der Waals surface area (Å²) in [5.74, 6) is 1.12. The Labute approximate surface area is 186 Å². The Kier molecular flexibility index (Phi) is 6.53. The lowest BCUT2D eigenvalue weighted by molar-refractivity contribution is 0.243. The van der Waals surface area contributed by atoms with Gasteiger partial charge in [0, 0.05) is 49.9 Å². The maximum atomic E-state index is 13.3. The number of aromatic nitrogens is 1. The number of hydrogen-bond acceptors (Lipinski definition) is 4. The summed E-state index contributed by atoms with van der Waals surface area (Å²) in [5.41, 5.74) is 3.93. The van der Waals surface area contributed by atoms with E-state index in [0.29, 0.717) is 11.8 Å². The van der Waals surface area contributed by atoms with Crippen molar-refractivity contribution in [3.05, 3.63) is 69.6 Å². The molecule has 2 atom stereocenters. The highest BCUT2D eigenvalue weighted by molar-refractivity contribution is 5.22. The molecule has 166 valence electrons. The lowest BCUT2D eigenvalue weighted by atomic mass is 9.84. The van der Waals surface area contributed by atoms with Crippen molar-refractivity contribution in [2.75, 3.05) is 45.8 Å². The van der Waals surface area contributed by atoms with E-state index in [4.69, 9.17) is 0 Å². The minimum atomic E-state index is 0.262. The SMILES string of the molecule is O=c1c(CN2CCCN(CCCc3ccccc3)CC2)ccc2n1C[C@@H]1CNC[C@H]2C1. The van der Waals surface area contributed by atoms with Crippen LogP contribution in [-0.4, -0.2) is 60.2 Å². The molecule has 1 aromatic carbocycles. The summed E-state index contributed by atoms with van der Waals surface area (Å²) in [4.78, 5) is 18.4. The van der Waals surface area contributed by atoms with Crippen molar-refractivity contribution in [3.63, 3.8) is 0 Å². The Morgan fingerprint density at radius 3 is 2.68 bits per heavy atom. The smallest absolute Gasteiger partial charge is 0.255 e. The Hall–Kier alpha value is -1.95. The highest BCUT2D eigenvalue weighted by atomic mass is 16.1. The number of pyridine rings is 1. The zero-order valence-electron chi connectivity index (χ0n) is 18.6. The second kappa shape index (κ2) is 9.68. The molecule has 1 aromatic heterocycles. The zero-order valence-corrected chi connectivity index (χ0v) is 18.6. The molecule has 0 saturated carbocycles. The molecule has 0 unspecified atom stereocenters. The minimum absolute atomic E-state index is 0.262. The molecule has 2 bridgehead atoms. The van der Waals surface area contributed by atoms with Crippen LogP contribution in [0.15, 0.2) is 47.3 Å². The number of hydrogen-bond donors (Lipinski definition) is 1. The van der Waals surface area contributed by atoms with Gasteiger partial charge in [-0.25, -0.2) is 0 Å². The van der Waals surface area contributed by atoms with Gasteiger partial charge in [-0.3, -0.25) is 9.69 Å². The van der Waals surface area contributed by atoms with E-state index in [0.717, 1.165) is 57.8 Å². The number of aryl methyl sites for hydroxylation is 1. The molecule has 0 amide bonds. The van der Waals surface area contributed by atoms with Crippen LogP contribution in [0.2, 0.25) is 0 Å². The molecule has 1 N–H and O–H groups in total. The van der Waals surface area contributed by atoms with Gasteiger partial charge in [-0.05, 0) is 69.4 Å². The van der Waals surface area contributed by atoms with Crippen molar-refractivity contribution >= 4 is 0 Å². The number of fused-ring (bicyclic) bond motifs is 4. The summed E-state index contributed by atoms with van der Waals surface area (Å²) in [6.07, 6.45) is 4.79. The van der Waals surface area contributed by atoms with Gasteiger partial charge in [-0.15, -0.1) is 0 Å². The van der Waals surface area contributed by atoms with Gasteiger partial charge in [-0.1, -0.05) is 36.4 Å². The monoisotopic (exact) mass is 420 g/mol. The van der Waals surface area contributed by atoms with Crippen LogP contribution >= 0.6 is 0 Å². The molecule has 3 aliphatic heterocycles. The molecule has 0 radical (unpaired) electrons. The normalized spacial score (nSPS) is 24.5. The molecule has 31 heavy (non-hydrogen) atoms. The molecule has 5 nitrogen and oxygen atoms in total. The topological polar surface area (TPSA) is 40.5 Å². The fraction of sp³-hybridized carbons (Fsp3) is 0.577. The van der Waals surface area contributed by atoms with Gasteiger partial charge >= 0.3 is 0 Å². The number of piperidine rings is 1. The van der Waals surface area contributed by atoms with Crippen molar-refractivity contribution in [2.45, 2.75) is 44.7 Å². The number of nitrogens with zero attached hydrogens (tertiary/aromatic N) is 3. The zero-order chi connectivity index (χ0) is 21.0. The maximum Gasteiger partial charge on any atom is 0.255 e. The van der Waals surface area contributed by atoms with Crippen LogP contribution < -0.4 is 10.9 Å². The van der Waals surface area contributed by atoms with Gasteiger partial charge in [0.25, 0.3) is 5.56 Å². The van der Waals surface area contributed by atoms with Gasteiger partial charge in [0.05, 0.1) is 0 Å². The molecular weight excluding hydrogens is 384 g/mol. The minimum Gasteiger partial charge on any atom is -0.316 e. The first kappa shape index (κ1) is 20.9. The standard InChI is InChI=1S/C26H36N4O/c31-26-23(9-10-25-24-16-22(17-27-18-24)19-30(25)26)20-29-13-5-12-28(14-15-29)11-4-8-21-6-2-1-3-7-21/h1-3,6-7,9-10,22,24,27H,4-5,8,11-20H2/t22-,24+/m0/s1. The van der Waals surface area contributed by atoms with Gasteiger partial charge in [0.2, 0.25) is 0 Å². The first-order valence-electron chi connectivity index (χ1n) is 12.2. The average Bonchev–Trinajstić information content (AvgIpc) is 3.02. The van der Waals surface area contributed by atoms with E-state index in [1.54, 1.807) is 0 Å². The van der Waals surface area contributed by atoms with Crippen LogP contribution in [-0.2, 0) is 19.5 Å². The van der Waals surface area contributed by atoms with Gasteiger partial charge in [0.15, 0.2) is 0 Å². The maximum absolute atomic E-state index is 13.3. The van der Waals surface area contributed by atoms with Crippen molar-refractivity contribution in [1.29, 1.82) is 0 Å². The number of benzene rings is 1. The Balaban J connectivity index is 1.16. The predicted octanol–water partition coefficient (Wildman–Crippen LogP) is 2.70. The predicted molar refractivity (Wildman–Crippen MR) is 126 cm³/mol. The Morgan fingerprint density at radius 1 is 0.935 bits per heavy atom. The highest BCUT2D eigenvalue weighted by Gasteiger charge is 2.31. The molecule has 0 aliphatic carbocycles. The summed E-state index contributed by atoms with van der Waals surface area (Å²) < 4.78 is 2.10. The number of rotatable bonds is 6. The quantitative estimate of drug-likeness (QED) is 0.780. The summed E-state index contributed by atoms with van der Waals surface area (Å²) in [6.45, 7) is 9.35. The molecular formula is C26H36N4O. The highest BCUT2D eigenvalue weighted by Crippen LogP contribution is 2.31. The van der Waals surface area contributed by atoms with E-state index in [1.165, 1.54) is 43.6 Å². The van der Waals surface area contributed by atoms with Crippen molar-refractivity contribution in [3.8, 4) is 0 Å². The summed E-state index contributed by atoms with van der Waals surface area (Å²) in [5, 5.41) is 3.53. The third-order valence-electron chi connectivity index (χ3n) is 7.45. The lowest BCUT2D eigenvalue weighted by Gasteiger charge is -2.37. The largest absolute Gasteiger partial charge is 0.316 e. The molecule has 2 aromatic rings. The van der Waals surface area contributed by atoms with Crippen LogP contribution in [0.5, 0.6) is 0 Å². The summed E-state index contributed by atoms with van der Waals surface area (Å²) in [7, 11) is 0. The van der Waals surface area contributed by atoms with Crippen LogP contribution in [0.1, 0.15) is 42.0 Å². The number of nitrogens with one attached hydrogen (secondary N) is 1. The molecule has 5 rings (SSSR count). The van der Waals surface area contributed by atoms with Gasteiger partial charge < -0.3 is 14.8 Å². The van der Waals surface area contributed by atoms with E-state index in [2.05, 4.69) is 62.1 Å². The fourth-order valence-corrected chi connectivity index (χ4v) is 5.75. The van der Waals surface area contributed by atoms with E-state index in [-0.39, 0.29) is 5.56 Å². The molecule has 3 aliphatic rings. The summed E-state index contributed by atoms with van der Waals surface area (Å²) >= 11 is 0. The Morgan fingerprint density at radius 2 is 1.77 bits per heavy atom. The second-order valence-electron chi connectivity index (χ2n) is 9.72. The van der Waals surface area contributed by atoms with E-state index in [9.17, 15) is 4.79 Å². The first-order chi connectivity index (χ1) is 15.3. The van der Waals surface area contributed by atoms with E-state index in [1.807, 2.05) is 0 Å². The van der Waals surface area contributed by atoms with E-state index >= 15 is 0 Å². The second-order valence-corrected chi connectivity index (χ2v) is 9.72. The van der Waals surface area contributed by atoms with Crippen LogP contribution in [0.25, 0.3) is 0 Å². The summed E-state index contributed by atoms with van der Waals surface area (Å²) in [6, 6.07) is 15.2. The van der Waals surface area contributed by atoms with Crippen LogP contribution in [0.4, 0.5) is 0 Å². The van der Waals surface area contributed by atoms with Gasteiger partial charge in [0.1, 0.15) is 0 Å².